The standard InChI is InChI=1S/C10H7Cl2N5OS/c11-6-2-1-5(3-7(6)12)8(18)15-10(19)16-9-13-4-14-17-9/h1-4H,(H3,13,14,15,16,17,18,19). The van der Waals surface area contributed by atoms with Crippen LogP contribution in [0.1, 0.15) is 10.4 Å². The summed E-state index contributed by atoms with van der Waals surface area (Å²) in [7, 11) is 0. The zero-order chi connectivity index (χ0) is 13.8. The molecule has 0 spiro atoms. The fraction of sp³-hybridized carbons (Fsp3) is 0. The highest BCUT2D eigenvalue weighted by Gasteiger charge is 2.10. The summed E-state index contributed by atoms with van der Waals surface area (Å²) < 4.78 is 0. The first-order valence-electron chi connectivity index (χ1n) is 4.99. The Labute approximate surface area is 123 Å². The van der Waals surface area contributed by atoms with E-state index in [1.165, 1.54) is 18.5 Å². The molecule has 1 aromatic heterocycles. The Morgan fingerprint density at radius 3 is 2.74 bits per heavy atom. The first kappa shape index (κ1) is 13.7. The molecule has 0 radical (unpaired) electrons. The fourth-order valence-electron chi connectivity index (χ4n) is 1.22. The van der Waals surface area contributed by atoms with Crippen molar-refractivity contribution in [3.63, 3.8) is 0 Å². The Bertz CT molecular complexity index is 616. The smallest absolute Gasteiger partial charge is 0.257 e. The number of carbonyl (C=O) groups excluding carboxylic acids is 1. The molecule has 6 nitrogen and oxygen atoms in total. The van der Waals surface area contributed by atoms with Crippen LogP contribution in [0.2, 0.25) is 10.0 Å². The molecule has 0 saturated carbocycles. The zero-order valence-electron chi connectivity index (χ0n) is 9.28. The van der Waals surface area contributed by atoms with Crippen LogP contribution in [0.15, 0.2) is 24.5 Å². The summed E-state index contributed by atoms with van der Waals surface area (Å²) >= 11 is 16.5. The van der Waals surface area contributed by atoms with E-state index in [-0.39, 0.29) is 5.11 Å². The molecule has 2 rings (SSSR count). The van der Waals surface area contributed by atoms with Crippen molar-refractivity contribution in [3.05, 3.63) is 40.1 Å². The number of benzene rings is 1. The van der Waals surface area contributed by atoms with Crippen LogP contribution >= 0.6 is 35.4 Å². The molecule has 3 N–H and O–H groups in total. The minimum Gasteiger partial charge on any atom is -0.301 e. The summed E-state index contributed by atoms with van der Waals surface area (Å²) in [6, 6.07) is 4.53. The molecule has 0 atom stereocenters. The van der Waals surface area contributed by atoms with Gasteiger partial charge in [0.2, 0.25) is 5.95 Å². The Morgan fingerprint density at radius 2 is 2.11 bits per heavy atom. The molecule has 0 bridgehead atoms. The number of nitrogens with one attached hydrogen (secondary N) is 3. The average molecular weight is 316 g/mol. The van der Waals surface area contributed by atoms with Crippen LogP contribution in [-0.2, 0) is 0 Å². The average Bonchev–Trinajstić information content (AvgIpc) is 2.85. The normalized spacial score (nSPS) is 10.0. The lowest BCUT2D eigenvalue weighted by atomic mass is 10.2. The molecule has 19 heavy (non-hydrogen) atoms. The second-order valence-electron chi connectivity index (χ2n) is 3.37. The molecule has 0 saturated heterocycles. The molecule has 0 fully saturated rings. The lowest BCUT2D eigenvalue weighted by molar-refractivity contribution is 0.0978. The highest BCUT2D eigenvalue weighted by molar-refractivity contribution is 7.80. The van der Waals surface area contributed by atoms with Crippen LogP contribution < -0.4 is 10.6 Å². The van der Waals surface area contributed by atoms with Crippen LogP contribution in [-0.4, -0.2) is 26.2 Å². The van der Waals surface area contributed by atoms with E-state index in [2.05, 4.69) is 25.8 Å². The lowest BCUT2D eigenvalue weighted by Gasteiger charge is -2.07. The summed E-state index contributed by atoms with van der Waals surface area (Å²) in [5.41, 5.74) is 0.344. The quantitative estimate of drug-likeness (QED) is 0.740. The molecule has 2 aromatic rings. The Morgan fingerprint density at radius 1 is 1.32 bits per heavy atom. The lowest BCUT2D eigenvalue weighted by Crippen LogP contribution is -2.34. The molecule has 9 heteroatoms. The number of H-pyrrole nitrogens is 1. The van der Waals surface area contributed by atoms with Crippen molar-refractivity contribution in [2.24, 2.45) is 0 Å². The number of rotatable bonds is 2. The van der Waals surface area contributed by atoms with E-state index in [9.17, 15) is 4.79 Å². The number of carbonyl (C=O) groups is 1. The number of nitrogens with zero attached hydrogens (tertiary/aromatic N) is 2. The number of thiocarbonyl (C=S) groups is 1. The van der Waals surface area contributed by atoms with Gasteiger partial charge in [-0.3, -0.25) is 10.1 Å². The van der Waals surface area contributed by atoms with E-state index in [0.717, 1.165) is 0 Å². The summed E-state index contributed by atoms with van der Waals surface area (Å²) in [6.45, 7) is 0. The van der Waals surface area contributed by atoms with Gasteiger partial charge in [-0.05, 0) is 30.4 Å². The van der Waals surface area contributed by atoms with Crippen LogP contribution in [0.4, 0.5) is 5.95 Å². The number of hydrogen-bond donors (Lipinski definition) is 3. The number of amides is 1. The summed E-state index contributed by atoms with van der Waals surface area (Å²) in [4.78, 5) is 15.7. The maximum Gasteiger partial charge on any atom is 0.257 e. The molecule has 1 amide bonds. The molecule has 0 aliphatic rings. The van der Waals surface area contributed by atoms with Crippen molar-refractivity contribution >= 4 is 52.4 Å². The second kappa shape index (κ2) is 5.96. The molecular weight excluding hydrogens is 309 g/mol. The van der Waals surface area contributed by atoms with Gasteiger partial charge in [-0.25, -0.2) is 5.10 Å². The third-order valence-electron chi connectivity index (χ3n) is 2.06. The maximum absolute atomic E-state index is 11.9. The molecular formula is C10H7Cl2N5OS. The van der Waals surface area contributed by atoms with Crippen molar-refractivity contribution in [2.45, 2.75) is 0 Å². The number of anilines is 1. The Hall–Kier alpha value is -1.70. The van der Waals surface area contributed by atoms with Gasteiger partial charge in [0.1, 0.15) is 6.33 Å². The summed E-state index contributed by atoms with van der Waals surface area (Å²) in [6.07, 6.45) is 1.31. The van der Waals surface area contributed by atoms with Gasteiger partial charge in [-0.1, -0.05) is 23.2 Å². The highest BCUT2D eigenvalue weighted by Crippen LogP contribution is 2.22. The molecule has 1 aromatic carbocycles. The van der Waals surface area contributed by atoms with Crippen molar-refractivity contribution in [1.82, 2.24) is 20.5 Å². The fourth-order valence-corrected chi connectivity index (χ4v) is 1.70. The number of halogens is 2. The van der Waals surface area contributed by atoms with Crippen molar-refractivity contribution < 1.29 is 4.79 Å². The van der Waals surface area contributed by atoms with E-state index in [1.54, 1.807) is 6.07 Å². The van der Waals surface area contributed by atoms with Crippen molar-refractivity contribution in [2.75, 3.05) is 5.32 Å². The zero-order valence-corrected chi connectivity index (χ0v) is 11.6. The van der Waals surface area contributed by atoms with E-state index in [4.69, 9.17) is 35.4 Å². The van der Waals surface area contributed by atoms with Gasteiger partial charge in [0.15, 0.2) is 5.11 Å². The van der Waals surface area contributed by atoms with Crippen LogP contribution in [0.3, 0.4) is 0 Å². The largest absolute Gasteiger partial charge is 0.301 e. The molecule has 0 aliphatic heterocycles. The summed E-state index contributed by atoms with van der Waals surface area (Å²) in [5, 5.41) is 12.1. The first-order chi connectivity index (χ1) is 9.06. The number of aromatic amines is 1. The SMILES string of the molecule is O=C(NC(=S)Nc1ncn[nH]1)c1ccc(Cl)c(Cl)c1. The Balaban J connectivity index is 2.00. The second-order valence-corrected chi connectivity index (χ2v) is 4.59. The van der Waals surface area contributed by atoms with E-state index < -0.39 is 5.91 Å². The van der Waals surface area contributed by atoms with Gasteiger partial charge >= 0.3 is 0 Å². The van der Waals surface area contributed by atoms with Crippen molar-refractivity contribution in [1.29, 1.82) is 0 Å². The highest BCUT2D eigenvalue weighted by atomic mass is 35.5. The van der Waals surface area contributed by atoms with Gasteiger partial charge in [-0.2, -0.15) is 10.1 Å². The van der Waals surface area contributed by atoms with Crippen LogP contribution in [0, 0.1) is 0 Å². The van der Waals surface area contributed by atoms with E-state index >= 15 is 0 Å². The molecule has 98 valence electrons. The van der Waals surface area contributed by atoms with Gasteiger partial charge in [0.05, 0.1) is 10.0 Å². The van der Waals surface area contributed by atoms with Crippen molar-refractivity contribution in [3.8, 4) is 0 Å². The topological polar surface area (TPSA) is 82.7 Å². The molecule has 0 aliphatic carbocycles. The van der Waals surface area contributed by atoms with Gasteiger partial charge in [0, 0.05) is 5.56 Å². The third-order valence-corrected chi connectivity index (χ3v) is 3.00. The molecule has 0 unspecified atom stereocenters. The monoisotopic (exact) mass is 315 g/mol. The predicted molar refractivity (Wildman–Crippen MR) is 76.5 cm³/mol. The minimum absolute atomic E-state index is 0.0906. The van der Waals surface area contributed by atoms with Gasteiger partial charge in [0.25, 0.3) is 5.91 Å². The minimum atomic E-state index is -0.407. The first-order valence-corrected chi connectivity index (χ1v) is 6.15. The van der Waals surface area contributed by atoms with E-state index in [0.29, 0.717) is 21.6 Å². The maximum atomic E-state index is 11.9. The van der Waals surface area contributed by atoms with E-state index in [1.807, 2.05) is 0 Å². The third kappa shape index (κ3) is 3.63. The Kier molecular flexibility index (Phi) is 4.31. The van der Waals surface area contributed by atoms with Crippen LogP contribution in [0.5, 0.6) is 0 Å². The van der Waals surface area contributed by atoms with Crippen LogP contribution in [0.25, 0.3) is 0 Å². The number of aromatic nitrogens is 3. The predicted octanol–water partition coefficient (Wildman–Crippen LogP) is 2.24. The molecule has 1 heterocycles. The van der Waals surface area contributed by atoms with Gasteiger partial charge in [-0.15, -0.1) is 0 Å². The number of hydrogen-bond acceptors (Lipinski definition) is 4. The van der Waals surface area contributed by atoms with Gasteiger partial charge < -0.3 is 5.32 Å². The summed E-state index contributed by atoms with van der Waals surface area (Å²) in [5.74, 6) is -0.0741.